The van der Waals surface area contributed by atoms with Gasteiger partial charge in [0.05, 0.1) is 5.25 Å². The molecule has 0 saturated carbocycles. The van der Waals surface area contributed by atoms with Crippen LogP contribution in [0.2, 0.25) is 0 Å². The van der Waals surface area contributed by atoms with E-state index in [1.54, 1.807) is 0 Å². The van der Waals surface area contributed by atoms with E-state index in [4.69, 9.17) is 16.3 Å². The van der Waals surface area contributed by atoms with Crippen molar-refractivity contribution < 1.29 is 13.2 Å². The van der Waals surface area contributed by atoms with Crippen molar-refractivity contribution in [3.63, 3.8) is 0 Å². The standard InChI is InChI=1S/C12H24ClNO3S/c1-12(2,3)8-10(13)9-14-18(15,16)11-4-6-17-7-5-11/h10-11,14H,4-9H2,1-3H3. The molecule has 1 fully saturated rings. The van der Waals surface area contributed by atoms with Crippen LogP contribution in [0.15, 0.2) is 0 Å². The van der Waals surface area contributed by atoms with Crippen LogP contribution in [0, 0.1) is 5.41 Å². The number of alkyl halides is 1. The average molecular weight is 298 g/mol. The number of halogens is 1. The number of hydrogen-bond donors (Lipinski definition) is 1. The Balaban J connectivity index is 2.41. The van der Waals surface area contributed by atoms with E-state index in [1.807, 2.05) is 0 Å². The molecule has 1 saturated heterocycles. The van der Waals surface area contributed by atoms with E-state index < -0.39 is 10.0 Å². The summed E-state index contributed by atoms with van der Waals surface area (Å²) in [5.41, 5.74) is 0.108. The van der Waals surface area contributed by atoms with Crippen LogP contribution >= 0.6 is 11.6 Å². The first-order chi connectivity index (χ1) is 8.21. The molecule has 1 N–H and O–H groups in total. The number of rotatable bonds is 5. The molecule has 1 heterocycles. The second-order valence-corrected chi connectivity index (χ2v) is 8.73. The molecule has 108 valence electrons. The zero-order valence-corrected chi connectivity index (χ0v) is 13.0. The predicted octanol–water partition coefficient (Wildman–Crippen LogP) is 2.13. The summed E-state index contributed by atoms with van der Waals surface area (Å²) in [6.45, 7) is 7.63. The first kappa shape index (κ1) is 16.2. The van der Waals surface area contributed by atoms with E-state index >= 15 is 0 Å². The van der Waals surface area contributed by atoms with Crippen molar-refractivity contribution in [2.24, 2.45) is 5.41 Å². The van der Waals surface area contributed by atoms with Crippen LogP contribution in [0.5, 0.6) is 0 Å². The fraction of sp³-hybridized carbons (Fsp3) is 1.00. The van der Waals surface area contributed by atoms with Gasteiger partial charge in [0.25, 0.3) is 0 Å². The third-order valence-corrected chi connectivity index (χ3v) is 5.17. The molecule has 0 aromatic rings. The minimum Gasteiger partial charge on any atom is -0.381 e. The van der Waals surface area contributed by atoms with Crippen LogP contribution in [-0.2, 0) is 14.8 Å². The van der Waals surface area contributed by atoms with Crippen LogP contribution in [0.3, 0.4) is 0 Å². The Morgan fingerprint density at radius 2 is 1.89 bits per heavy atom. The van der Waals surface area contributed by atoms with Gasteiger partial charge in [0.15, 0.2) is 0 Å². The molecule has 0 aromatic heterocycles. The van der Waals surface area contributed by atoms with Gasteiger partial charge >= 0.3 is 0 Å². The van der Waals surface area contributed by atoms with E-state index in [2.05, 4.69) is 25.5 Å². The molecule has 1 aliphatic rings. The van der Waals surface area contributed by atoms with Crippen molar-refractivity contribution in [2.75, 3.05) is 19.8 Å². The summed E-state index contributed by atoms with van der Waals surface area (Å²) in [6, 6.07) is 0. The lowest BCUT2D eigenvalue weighted by Crippen LogP contribution is -2.40. The predicted molar refractivity (Wildman–Crippen MR) is 74.5 cm³/mol. The molecule has 1 aliphatic heterocycles. The Morgan fingerprint density at radius 1 is 1.33 bits per heavy atom. The van der Waals surface area contributed by atoms with Gasteiger partial charge in [-0.1, -0.05) is 20.8 Å². The highest BCUT2D eigenvalue weighted by Crippen LogP contribution is 2.23. The molecule has 0 aromatic carbocycles. The quantitative estimate of drug-likeness (QED) is 0.791. The van der Waals surface area contributed by atoms with Gasteiger partial charge in [0, 0.05) is 25.1 Å². The third-order valence-electron chi connectivity index (χ3n) is 2.95. The number of hydrogen-bond acceptors (Lipinski definition) is 3. The van der Waals surface area contributed by atoms with Crippen molar-refractivity contribution in [2.45, 2.75) is 50.7 Å². The third kappa shape index (κ3) is 5.87. The van der Waals surface area contributed by atoms with Gasteiger partial charge in [-0.3, -0.25) is 0 Å². The first-order valence-corrected chi connectivity index (χ1v) is 8.39. The van der Waals surface area contributed by atoms with Gasteiger partial charge in [-0.15, -0.1) is 11.6 Å². The molecule has 6 heteroatoms. The first-order valence-electron chi connectivity index (χ1n) is 6.41. The molecule has 0 bridgehead atoms. The number of ether oxygens (including phenoxy) is 1. The van der Waals surface area contributed by atoms with Crippen molar-refractivity contribution in [3.05, 3.63) is 0 Å². The highest BCUT2D eigenvalue weighted by atomic mass is 35.5. The Hall–Kier alpha value is 0.160. The fourth-order valence-corrected chi connectivity index (χ4v) is 4.16. The number of nitrogens with one attached hydrogen (secondary N) is 1. The van der Waals surface area contributed by atoms with E-state index in [-0.39, 0.29) is 16.0 Å². The molecule has 18 heavy (non-hydrogen) atoms. The zero-order chi connectivity index (χ0) is 13.8. The van der Waals surface area contributed by atoms with E-state index in [9.17, 15) is 8.42 Å². The van der Waals surface area contributed by atoms with Gasteiger partial charge in [0.2, 0.25) is 10.0 Å². The highest BCUT2D eigenvalue weighted by molar-refractivity contribution is 7.90. The maximum absolute atomic E-state index is 12.0. The Labute approximate surface area is 115 Å². The smallest absolute Gasteiger partial charge is 0.214 e. The number of sulfonamides is 1. The van der Waals surface area contributed by atoms with E-state index in [0.29, 0.717) is 32.6 Å². The minimum atomic E-state index is -3.25. The summed E-state index contributed by atoms with van der Waals surface area (Å²) in [4.78, 5) is 0. The molecular formula is C12H24ClNO3S. The van der Waals surface area contributed by atoms with Gasteiger partial charge in [-0.05, 0) is 24.7 Å². The Bertz CT molecular complexity index is 345. The highest BCUT2D eigenvalue weighted by Gasteiger charge is 2.28. The van der Waals surface area contributed by atoms with Crippen molar-refractivity contribution in [1.29, 1.82) is 0 Å². The molecular weight excluding hydrogens is 274 g/mol. The maximum atomic E-state index is 12.0. The van der Waals surface area contributed by atoms with Gasteiger partial charge in [-0.25, -0.2) is 13.1 Å². The topological polar surface area (TPSA) is 55.4 Å². The van der Waals surface area contributed by atoms with Crippen molar-refractivity contribution in [1.82, 2.24) is 4.72 Å². The fourth-order valence-electron chi connectivity index (χ4n) is 2.05. The maximum Gasteiger partial charge on any atom is 0.214 e. The Kier molecular flexibility index (Phi) is 5.90. The Morgan fingerprint density at radius 3 is 2.39 bits per heavy atom. The monoisotopic (exact) mass is 297 g/mol. The molecule has 1 rings (SSSR count). The molecule has 0 radical (unpaired) electrons. The SMILES string of the molecule is CC(C)(C)CC(Cl)CNS(=O)(=O)C1CCOCC1. The molecule has 1 unspecified atom stereocenters. The second-order valence-electron chi connectivity index (χ2n) is 6.07. The summed E-state index contributed by atoms with van der Waals surface area (Å²) in [7, 11) is -3.25. The van der Waals surface area contributed by atoms with Crippen molar-refractivity contribution >= 4 is 21.6 Å². The van der Waals surface area contributed by atoms with Crippen LogP contribution < -0.4 is 4.72 Å². The van der Waals surface area contributed by atoms with Crippen LogP contribution in [0.25, 0.3) is 0 Å². The molecule has 0 spiro atoms. The summed E-state index contributed by atoms with van der Waals surface area (Å²) >= 11 is 6.16. The average Bonchev–Trinajstić information content (AvgIpc) is 2.26. The van der Waals surface area contributed by atoms with Crippen molar-refractivity contribution in [3.8, 4) is 0 Å². The zero-order valence-electron chi connectivity index (χ0n) is 11.4. The summed E-state index contributed by atoms with van der Waals surface area (Å²) in [5, 5.41) is -0.496. The van der Waals surface area contributed by atoms with E-state index in [1.165, 1.54) is 0 Å². The molecule has 0 aliphatic carbocycles. The summed E-state index contributed by atoms with van der Waals surface area (Å²) < 4.78 is 31.9. The largest absolute Gasteiger partial charge is 0.381 e. The van der Waals surface area contributed by atoms with Gasteiger partial charge in [-0.2, -0.15) is 0 Å². The normalized spacial score (nSPS) is 20.9. The van der Waals surface area contributed by atoms with Crippen LogP contribution in [-0.4, -0.2) is 38.8 Å². The van der Waals surface area contributed by atoms with Crippen LogP contribution in [0.1, 0.15) is 40.0 Å². The molecule has 0 amide bonds. The molecule has 1 atom stereocenters. The summed E-state index contributed by atoms with van der Waals surface area (Å²) in [5.74, 6) is 0. The summed E-state index contributed by atoms with van der Waals surface area (Å²) in [6.07, 6.45) is 1.92. The van der Waals surface area contributed by atoms with Crippen LogP contribution in [0.4, 0.5) is 0 Å². The lowest BCUT2D eigenvalue weighted by molar-refractivity contribution is 0.0981. The lowest BCUT2D eigenvalue weighted by Gasteiger charge is -2.25. The van der Waals surface area contributed by atoms with E-state index in [0.717, 1.165) is 6.42 Å². The lowest BCUT2D eigenvalue weighted by atomic mass is 9.90. The molecule has 4 nitrogen and oxygen atoms in total. The van der Waals surface area contributed by atoms with Gasteiger partial charge in [0.1, 0.15) is 0 Å². The van der Waals surface area contributed by atoms with Gasteiger partial charge < -0.3 is 4.74 Å². The minimum absolute atomic E-state index is 0.108. The second kappa shape index (κ2) is 6.55.